The van der Waals surface area contributed by atoms with E-state index in [1.54, 1.807) is 0 Å². The maximum absolute atomic E-state index is 3.66. The first-order valence-electron chi connectivity index (χ1n) is 6.18. The molecule has 0 saturated heterocycles. The van der Waals surface area contributed by atoms with Crippen LogP contribution in [-0.4, -0.2) is 7.05 Å². The number of rotatable bonds is 3. The van der Waals surface area contributed by atoms with E-state index in [9.17, 15) is 0 Å². The average molecular weight is 383 g/mol. The van der Waals surface area contributed by atoms with Gasteiger partial charge in [-0.25, -0.2) is 0 Å². The topological polar surface area (TPSA) is 3.24 Å². The summed E-state index contributed by atoms with van der Waals surface area (Å²) >= 11 is 7.15. The molecule has 0 spiro atoms. The summed E-state index contributed by atoms with van der Waals surface area (Å²) < 4.78 is 1.12. The van der Waals surface area contributed by atoms with Crippen molar-refractivity contribution in [2.75, 3.05) is 11.9 Å². The van der Waals surface area contributed by atoms with Gasteiger partial charge in [0, 0.05) is 22.5 Å². The van der Waals surface area contributed by atoms with E-state index in [0.29, 0.717) is 0 Å². The van der Waals surface area contributed by atoms with E-state index in [1.807, 2.05) is 0 Å². The van der Waals surface area contributed by atoms with Gasteiger partial charge in [-0.15, -0.1) is 0 Å². The summed E-state index contributed by atoms with van der Waals surface area (Å²) in [6, 6.07) is 13.0. The van der Waals surface area contributed by atoms with E-state index in [4.69, 9.17) is 0 Å². The number of benzene rings is 2. The molecule has 0 fully saturated rings. The lowest BCUT2D eigenvalue weighted by atomic mass is 10.1. The maximum atomic E-state index is 3.66. The summed E-state index contributed by atoms with van der Waals surface area (Å²) in [5.74, 6) is 0. The third kappa shape index (κ3) is 3.21. The lowest BCUT2D eigenvalue weighted by Crippen LogP contribution is -2.11. The van der Waals surface area contributed by atoms with Crippen LogP contribution in [0.3, 0.4) is 0 Å². The summed E-state index contributed by atoms with van der Waals surface area (Å²) in [6.07, 6.45) is 0. The first-order valence-corrected chi connectivity index (χ1v) is 8.09. The molecule has 0 aliphatic rings. The number of anilines is 2. The van der Waals surface area contributed by atoms with Gasteiger partial charge in [0.05, 0.1) is 5.69 Å². The van der Waals surface area contributed by atoms with Gasteiger partial charge >= 0.3 is 0 Å². The molecule has 0 aromatic heterocycles. The molecule has 0 bridgehead atoms. The fourth-order valence-corrected chi connectivity index (χ4v) is 3.26. The highest BCUT2D eigenvalue weighted by atomic mass is 79.9. The van der Waals surface area contributed by atoms with Crippen molar-refractivity contribution in [2.24, 2.45) is 0 Å². The molecule has 19 heavy (non-hydrogen) atoms. The minimum absolute atomic E-state index is 0.874. The van der Waals surface area contributed by atoms with E-state index < -0.39 is 0 Å². The van der Waals surface area contributed by atoms with Crippen molar-refractivity contribution in [3.05, 3.63) is 57.6 Å². The van der Waals surface area contributed by atoms with Crippen molar-refractivity contribution >= 4 is 43.2 Å². The highest BCUT2D eigenvalue weighted by Gasteiger charge is 2.10. The second-order valence-electron chi connectivity index (χ2n) is 4.77. The Morgan fingerprint density at radius 1 is 1.00 bits per heavy atom. The lowest BCUT2D eigenvalue weighted by Gasteiger charge is -2.23. The lowest BCUT2D eigenvalue weighted by molar-refractivity contribution is 1.17. The molecule has 2 aromatic carbocycles. The molecule has 2 aromatic rings. The van der Waals surface area contributed by atoms with Crippen LogP contribution >= 0.6 is 31.9 Å². The van der Waals surface area contributed by atoms with Crippen LogP contribution in [0.5, 0.6) is 0 Å². The van der Waals surface area contributed by atoms with Gasteiger partial charge in [-0.2, -0.15) is 0 Å². The molecule has 0 saturated carbocycles. The van der Waals surface area contributed by atoms with E-state index in [1.165, 1.54) is 28.1 Å². The molecule has 0 amide bonds. The third-order valence-corrected chi connectivity index (χ3v) is 4.52. The summed E-state index contributed by atoms with van der Waals surface area (Å²) in [5, 5.41) is 0.874. The van der Waals surface area contributed by atoms with Crippen LogP contribution in [0.4, 0.5) is 11.4 Å². The van der Waals surface area contributed by atoms with Gasteiger partial charge in [0.1, 0.15) is 0 Å². The van der Waals surface area contributed by atoms with Crippen molar-refractivity contribution in [3.63, 3.8) is 0 Å². The Morgan fingerprint density at radius 3 is 2.26 bits per heavy atom. The van der Waals surface area contributed by atoms with Crippen molar-refractivity contribution in [3.8, 4) is 0 Å². The third-order valence-electron chi connectivity index (χ3n) is 3.24. The molecule has 2 rings (SSSR count). The van der Waals surface area contributed by atoms with Gasteiger partial charge in [-0.1, -0.05) is 39.7 Å². The van der Waals surface area contributed by atoms with Crippen molar-refractivity contribution in [1.82, 2.24) is 0 Å². The van der Waals surface area contributed by atoms with Crippen molar-refractivity contribution < 1.29 is 0 Å². The predicted octanol–water partition coefficient (Wildman–Crippen LogP) is 5.73. The molecular formula is C16H17Br2N. The molecule has 0 heterocycles. The maximum Gasteiger partial charge on any atom is 0.0552 e. The SMILES string of the molecule is Cc1ccc(N(C)c2ccc(CBr)cc2Br)c(C)c1. The number of alkyl halides is 1. The first-order chi connectivity index (χ1) is 9.02. The number of hydrogen-bond donors (Lipinski definition) is 0. The van der Waals surface area contributed by atoms with Crippen LogP contribution in [-0.2, 0) is 5.33 Å². The molecule has 3 heteroatoms. The molecule has 0 atom stereocenters. The van der Waals surface area contributed by atoms with Gasteiger partial charge < -0.3 is 4.90 Å². The van der Waals surface area contributed by atoms with Crippen LogP contribution in [0.25, 0.3) is 0 Å². The summed E-state index contributed by atoms with van der Waals surface area (Å²) in [5.41, 5.74) is 6.27. The second kappa shape index (κ2) is 6.10. The van der Waals surface area contributed by atoms with Crippen LogP contribution < -0.4 is 4.90 Å². The Labute approximate surface area is 131 Å². The van der Waals surface area contributed by atoms with E-state index >= 15 is 0 Å². The minimum atomic E-state index is 0.874. The molecular weight excluding hydrogens is 366 g/mol. The normalized spacial score (nSPS) is 10.6. The molecule has 0 N–H and O–H groups in total. The Bertz CT molecular complexity index is 593. The summed E-state index contributed by atoms with van der Waals surface area (Å²) in [6.45, 7) is 4.27. The zero-order valence-corrected chi connectivity index (χ0v) is 14.5. The number of halogens is 2. The van der Waals surface area contributed by atoms with Crippen LogP contribution in [0.2, 0.25) is 0 Å². The monoisotopic (exact) mass is 381 g/mol. The number of nitrogens with zero attached hydrogens (tertiary/aromatic N) is 1. The Kier molecular flexibility index (Phi) is 4.69. The van der Waals surface area contributed by atoms with Gasteiger partial charge in [0.15, 0.2) is 0 Å². The van der Waals surface area contributed by atoms with E-state index in [-0.39, 0.29) is 0 Å². The quantitative estimate of drug-likeness (QED) is 0.612. The number of aryl methyl sites for hydroxylation is 2. The average Bonchev–Trinajstić information content (AvgIpc) is 2.37. The number of hydrogen-bond acceptors (Lipinski definition) is 1. The molecule has 0 aliphatic heterocycles. The highest BCUT2D eigenvalue weighted by Crippen LogP contribution is 2.33. The van der Waals surface area contributed by atoms with Crippen LogP contribution in [0.15, 0.2) is 40.9 Å². The van der Waals surface area contributed by atoms with Gasteiger partial charge in [-0.05, 0) is 59.1 Å². The standard InChI is InChI=1S/C16H17Br2N/c1-11-4-6-15(12(2)8-11)19(3)16-7-5-13(10-17)9-14(16)18/h4-9H,10H2,1-3H3. The van der Waals surface area contributed by atoms with E-state index in [2.05, 4.69) is 94.1 Å². The Morgan fingerprint density at radius 2 is 1.68 bits per heavy atom. The summed E-state index contributed by atoms with van der Waals surface area (Å²) in [4.78, 5) is 2.22. The molecule has 0 unspecified atom stereocenters. The largest absolute Gasteiger partial charge is 0.343 e. The van der Waals surface area contributed by atoms with Crippen LogP contribution in [0, 0.1) is 13.8 Å². The Balaban J connectivity index is 2.41. The molecule has 0 radical (unpaired) electrons. The molecule has 0 aliphatic carbocycles. The first kappa shape index (κ1) is 14.6. The van der Waals surface area contributed by atoms with Gasteiger partial charge in [0.25, 0.3) is 0 Å². The van der Waals surface area contributed by atoms with Crippen LogP contribution in [0.1, 0.15) is 16.7 Å². The summed E-state index contributed by atoms with van der Waals surface area (Å²) in [7, 11) is 2.10. The zero-order valence-electron chi connectivity index (χ0n) is 11.4. The second-order valence-corrected chi connectivity index (χ2v) is 6.18. The Hall–Kier alpha value is -0.800. The fourth-order valence-electron chi connectivity index (χ4n) is 2.22. The molecule has 1 nitrogen and oxygen atoms in total. The van der Waals surface area contributed by atoms with Gasteiger partial charge in [0.2, 0.25) is 0 Å². The minimum Gasteiger partial charge on any atom is -0.343 e. The predicted molar refractivity (Wildman–Crippen MR) is 90.8 cm³/mol. The van der Waals surface area contributed by atoms with E-state index in [0.717, 1.165) is 9.80 Å². The smallest absolute Gasteiger partial charge is 0.0552 e. The fraction of sp³-hybridized carbons (Fsp3) is 0.250. The van der Waals surface area contributed by atoms with Gasteiger partial charge in [-0.3, -0.25) is 0 Å². The molecule has 100 valence electrons. The highest BCUT2D eigenvalue weighted by molar-refractivity contribution is 9.10. The van der Waals surface area contributed by atoms with Crippen molar-refractivity contribution in [1.29, 1.82) is 0 Å². The van der Waals surface area contributed by atoms with Crippen molar-refractivity contribution in [2.45, 2.75) is 19.2 Å². The zero-order chi connectivity index (χ0) is 14.0.